The van der Waals surface area contributed by atoms with Gasteiger partial charge in [-0.3, -0.25) is 9.78 Å². The van der Waals surface area contributed by atoms with Gasteiger partial charge in [0, 0.05) is 18.9 Å². The summed E-state index contributed by atoms with van der Waals surface area (Å²) in [6, 6.07) is 11.8. The van der Waals surface area contributed by atoms with Crippen LogP contribution in [0.25, 0.3) is 0 Å². The van der Waals surface area contributed by atoms with Gasteiger partial charge in [0.1, 0.15) is 0 Å². The van der Waals surface area contributed by atoms with Crippen LogP contribution in [0.2, 0.25) is 0 Å². The number of hydrogen-bond acceptors (Lipinski definition) is 3. The molecule has 1 aromatic carbocycles. The third-order valence-corrected chi connectivity index (χ3v) is 2.95. The van der Waals surface area contributed by atoms with E-state index in [2.05, 4.69) is 15.2 Å². The number of nitrogens with one attached hydrogen (secondary N) is 1. The Kier molecular flexibility index (Phi) is 2.68. The minimum Gasteiger partial charge on any atom is -0.356 e. The second-order valence-electron chi connectivity index (χ2n) is 4.28. The van der Waals surface area contributed by atoms with Gasteiger partial charge in [0.15, 0.2) is 0 Å². The molecule has 0 spiro atoms. The van der Waals surface area contributed by atoms with Gasteiger partial charge in [-0.2, -0.15) is 0 Å². The lowest BCUT2D eigenvalue weighted by atomic mass is 10.1. The molecule has 1 aromatic heterocycles. The summed E-state index contributed by atoms with van der Waals surface area (Å²) in [7, 11) is 0. The van der Waals surface area contributed by atoms with Gasteiger partial charge in [0.25, 0.3) is 0 Å². The van der Waals surface area contributed by atoms with Crippen molar-refractivity contribution in [1.29, 1.82) is 0 Å². The van der Waals surface area contributed by atoms with E-state index in [4.69, 9.17) is 0 Å². The van der Waals surface area contributed by atoms with Crippen molar-refractivity contribution in [3.8, 4) is 0 Å². The number of aromatic nitrogens is 1. The predicted molar refractivity (Wildman–Crippen MR) is 70.4 cm³/mol. The summed E-state index contributed by atoms with van der Waals surface area (Å²) in [6.07, 6.45) is 3.58. The molecule has 1 N–H and O–H groups in total. The smallest absolute Gasteiger partial charge is 0.243 e. The quantitative estimate of drug-likeness (QED) is 0.872. The normalized spacial score (nSPS) is 14.0. The van der Waals surface area contributed by atoms with Crippen molar-refractivity contribution in [2.45, 2.75) is 6.54 Å². The van der Waals surface area contributed by atoms with E-state index in [1.54, 1.807) is 6.20 Å². The molecule has 90 valence electrons. The lowest BCUT2D eigenvalue weighted by Crippen LogP contribution is -2.37. The maximum Gasteiger partial charge on any atom is 0.243 e. The SMILES string of the molecule is O=C1CN(Cc2cccnc2)c2ccccc2N1. The summed E-state index contributed by atoms with van der Waals surface area (Å²) in [4.78, 5) is 17.8. The Morgan fingerprint density at radius 1 is 1.22 bits per heavy atom. The molecule has 0 unspecified atom stereocenters. The molecule has 0 saturated heterocycles. The van der Waals surface area contributed by atoms with Crippen LogP contribution in [-0.4, -0.2) is 17.4 Å². The Bertz CT molecular complexity index is 568. The molecule has 2 heterocycles. The number of pyridine rings is 1. The van der Waals surface area contributed by atoms with Crippen LogP contribution in [0.4, 0.5) is 11.4 Å². The van der Waals surface area contributed by atoms with Gasteiger partial charge in [-0.25, -0.2) is 0 Å². The lowest BCUT2D eigenvalue weighted by Gasteiger charge is -2.30. The minimum atomic E-state index is 0.0255. The van der Waals surface area contributed by atoms with Gasteiger partial charge in [-0.1, -0.05) is 18.2 Å². The number of carbonyl (C=O) groups is 1. The minimum absolute atomic E-state index is 0.0255. The number of amides is 1. The summed E-state index contributed by atoms with van der Waals surface area (Å²) in [6.45, 7) is 1.07. The Hall–Kier alpha value is -2.36. The van der Waals surface area contributed by atoms with Crippen molar-refractivity contribution in [2.24, 2.45) is 0 Å². The van der Waals surface area contributed by atoms with Crippen LogP contribution in [0, 0.1) is 0 Å². The van der Waals surface area contributed by atoms with Crippen molar-refractivity contribution >= 4 is 17.3 Å². The first-order chi connectivity index (χ1) is 8.83. The number of rotatable bonds is 2. The number of carbonyl (C=O) groups excluding carboxylic acids is 1. The van der Waals surface area contributed by atoms with E-state index in [9.17, 15) is 4.79 Å². The summed E-state index contributed by atoms with van der Waals surface area (Å²) >= 11 is 0. The topological polar surface area (TPSA) is 45.2 Å². The average molecular weight is 239 g/mol. The maximum atomic E-state index is 11.7. The van der Waals surface area contributed by atoms with Gasteiger partial charge >= 0.3 is 0 Å². The van der Waals surface area contributed by atoms with Gasteiger partial charge in [-0.15, -0.1) is 0 Å². The molecule has 18 heavy (non-hydrogen) atoms. The number of fused-ring (bicyclic) bond motifs is 1. The van der Waals surface area contributed by atoms with Crippen molar-refractivity contribution in [2.75, 3.05) is 16.8 Å². The molecular weight excluding hydrogens is 226 g/mol. The van der Waals surface area contributed by atoms with Crippen molar-refractivity contribution in [3.63, 3.8) is 0 Å². The van der Waals surface area contributed by atoms with Gasteiger partial charge < -0.3 is 10.2 Å². The van der Waals surface area contributed by atoms with Crippen LogP contribution in [-0.2, 0) is 11.3 Å². The predicted octanol–water partition coefficient (Wildman–Crippen LogP) is 2.04. The van der Waals surface area contributed by atoms with Gasteiger partial charge in [-0.05, 0) is 23.8 Å². The van der Waals surface area contributed by atoms with Crippen LogP contribution in [0.1, 0.15) is 5.56 Å². The molecule has 0 fully saturated rings. The van der Waals surface area contributed by atoms with Crippen molar-refractivity contribution < 1.29 is 4.79 Å². The first-order valence-electron chi connectivity index (χ1n) is 5.86. The number of anilines is 2. The van der Waals surface area contributed by atoms with Gasteiger partial charge in [0.2, 0.25) is 5.91 Å². The number of nitrogens with zero attached hydrogens (tertiary/aromatic N) is 2. The second kappa shape index (κ2) is 4.49. The fraction of sp³-hybridized carbons (Fsp3) is 0.143. The molecule has 0 radical (unpaired) electrons. The summed E-state index contributed by atoms with van der Waals surface area (Å²) in [5.74, 6) is 0.0255. The van der Waals surface area contributed by atoms with E-state index in [0.29, 0.717) is 13.1 Å². The molecule has 1 amide bonds. The molecule has 1 aliphatic rings. The van der Waals surface area contributed by atoms with E-state index < -0.39 is 0 Å². The highest BCUT2D eigenvalue weighted by Gasteiger charge is 2.21. The maximum absolute atomic E-state index is 11.7. The Morgan fingerprint density at radius 3 is 2.94 bits per heavy atom. The van der Waals surface area contributed by atoms with Crippen LogP contribution in [0.5, 0.6) is 0 Å². The zero-order valence-electron chi connectivity index (χ0n) is 9.84. The molecule has 1 aliphatic heterocycles. The van der Waals surface area contributed by atoms with Crippen LogP contribution in [0.3, 0.4) is 0 Å². The average Bonchev–Trinajstić information content (AvgIpc) is 2.40. The Balaban J connectivity index is 1.91. The highest BCUT2D eigenvalue weighted by molar-refractivity contribution is 6.01. The molecule has 0 saturated carbocycles. The molecule has 0 aliphatic carbocycles. The fourth-order valence-electron chi connectivity index (χ4n) is 2.16. The molecule has 0 bridgehead atoms. The molecule has 4 nitrogen and oxygen atoms in total. The highest BCUT2D eigenvalue weighted by Crippen LogP contribution is 2.29. The van der Waals surface area contributed by atoms with Crippen LogP contribution < -0.4 is 10.2 Å². The monoisotopic (exact) mass is 239 g/mol. The summed E-state index contributed by atoms with van der Waals surface area (Å²) in [5, 5.41) is 2.88. The third kappa shape index (κ3) is 2.05. The Labute approximate surface area is 105 Å². The highest BCUT2D eigenvalue weighted by atomic mass is 16.2. The number of benzene rings is 1. The third-order valence-electron chi connectivity index (χ3n) is 2.95. The second-order valence-corrected chi connectivity index (χ2v) is 4.28. The van der Waals surface area contributed by atoms with Crippen molar-refractivity contribution in [3.05, 3.63) is 54.4 Å². The molecule has 3 rings (SSSR count). The summed E-state index contributed by atoms with van der Waals surface area (Å²) < 4.78 is 0. The van der Waals surface area contributed by atoms with E-state index >= 15 is 0 Å². The fourth-order valence-corrected chi connectivity index (χ4v) is 2.16. The molecular formula is C14H13N3O. The van der Waals surface area contributed by atoms with Crippen LogP contribution >= 0.6 is 0 Å². The first-order valence-corrected chi connectivity index (χ1v) is 5.86. The summed E-state index contributed by atoms with van der Waals surface area (Å²) in [5.41, 5.74) is 3.03. The zero-order valence-corrected chi connectivity index (χ0v) is 9.84. The Morgan fingerprint density at radius 2 is 2.11 bits per heavy atom. The molecule has 0 atom stereocenters. The van der Waals surface area contributed by atoms with E-state index in [1.807, 2.05) is 42.6 Å². The lowest BCUT2D eigenvalue weighted by molar-refractivity contribution is -0.115. The molecule has 4 heteroatoms. The first kappa shape index (κ1) is 10.8. The van der Waals surface area contributed by atoms with Crippen molar-refractivity contribution in [1.82, 2.24) is 4.98 Å². The largest absolute Gasteiger partial charge is 0.356 e. The number of hydrogen-bond donors (Lipinski definition) is 1. The van der Waals surface area contributed by atoms with E-state index in [0.717, 1.165) is 16.9 Å². The zero-order chi connectivity index (χ0) is 12.4. The van der Waals surface area contributed by atoms with E-state index in [1.165, 1.54) is 0 Å². The van der Waals surface area contributed by atoms with E-state index in [-0.39, 0.29) is 5.91 Å². The van der Waals surface area contributed by atoms with Crippen LogP contribution in [0.15, 0.2) is 48.8 Å². The number of para-hydroxylation sites is 2. The van der Waals surface area contributed by atoms with Gasteiger partial charge in [0.05, 0.1) is 17.9 Å². The standard InChI is InChI=1S/C14H13N3O/c18-14-10-17(9-11-4-3-7-15-8-11)13-6-2-1-5-12(13)16-14/h1-8H,9-10H2,(H,16,18). The molecule has 2 aromatic rings.